The van der Waals surface area contributed by atoms with Crippen LogP contribution in [0.3, 0.4) is 0 Å². The number of hydrogen-bond acceptors (Lipinski definition) is 3. The van der Waals surface area contributed by atoms with Crippen molar-refractivity contribution >= 4 is 23.8 Å². The molecule has 0 aliphatic carbocycles. The van der Waals surface area contributed by atoms with Crippen molar-refractivity contribution in [1.82, 2.24) is 0 Å². The lowest BCUT2D eigenvalue weighted by atomic mass is 10.2. The van der Waals surface area contributed by atoms with Crippen LogP contribution in [-0.2, 0) is 4.79 Å². The summed E-state index contributed by atoms with van der Waals surface area (Å²) < 4.78 is 5.79. The van der Waals surface area contributed by atoms with Crippen LogP contribution in [0.25, 0.3) is 6.08 Å². The fourth-order valence-electron chi connectivity index (χ4n) is 1.64. The van der Waals surface area contributed by atoms with Gasteiger partial charge in [0.05, 0.1) is 0 Å². The van der Waals surface area contributed by atoms with Gasteiger partial charge in [-0.25, -0.2) is 4.79 Å². The van der Waals surface area contributed by atoms with E-state index in [0.717, 1.165) is 22.3 Å². The Kier molecular flexibility index (Phi) is 4.85. The molecule has 4 heteroatoms. The monoisotopic (exact) mass is 286 g/mol. The second-order valence-corrected chi connectivity index (χ2v) is 4.87. The summed E-state index contributed by atoms with van der Waals surface area (Å²) in [5.74, 6) is 0.366. The van der Waals surface area contributed by atoms with Crippen molar-refractivity contribution < 1.29 is 14.6 Å². The zero-order valence-electron chi connectivity index (χ0n) is 10.9. The summed E-state index contributed by atoms with van der Waals surface area (Å²) in [6, 6.07) is 15.1. The molecule has 0 spiro atoms. The molecule has 2 aromatic rings. The van der Waals surface area contributed by atoms with Crippen molar-refractivity contribution in [3.8, 4) is 11.5 Å². The minimum absolute atomic E-state index is 0.627. The Morgan fingerprint density at radius 1 is 1.15 bits per heavy atom. The Hall–Kier alpha value is -2.20. The van der Waals surface area contributed by atoms with E-state index in [2.05, 4.69) is 0 Å². The molecule has 2 aromatic carbocycles. The Morgan fingerprint density at radius 3 is 2.50 bits per heavy atom. The molecule has 0 aliphatic heterocycles. The first-order valence-corrected chi connectivity index (χ1v) is 7.23. The van der Waals surface area contributed by atoms with E-state index >= 15 is 0 Å². The molecule has 2 rings (SSSR count). The highest BCUT2D eigenvalue weighted by Crippen LogP contribution is 2.27. The van der Waals surface area contributed by atoms with Crippen LogP contribution in [0, 0.1) is 0 Å². The van der Waals surface area contributed by atoms with Crippen molar-refractivity contribution in [2.24, 2.45) is 0 Å². The second kappa shape index (κ2) is 6.82. The first-order chi connectivity index (χ1) is 9.69. The molecule has 0 radical (unpaired) electrons. The quantitative estimate of drug-likeness (QED) is 0.657. The van der Waals surface area contributed by atoms with E-state index in [1.54, 1.807) is 11.8 Å². The fourth-order valence-corrected chi connectivity index (χ4v) is 2.05. The molecule has 0 amide bonds. The highest BCUT2D eigenvalue weighted by molar-refractivity contribution is 7.98. The SMILES string of the molecule is CSc1ccc(Oc2ccccc2C=CC(=O)O)cc1. The minimum Gasteiger partial charge on any atom is -0.478 e. The third kappa shape index (κ3) is 3.90. The van der Waals surface area contributed by atoms with Gasteiger partial charge in [-0.1, -0.05) is 18.2 Å². The zero-order chi connectivity index (χ0) is 14.4. The van der Waals surface area contributed by atoms with Crippen LogP contribution >= 0.6 is 11.8 Å². The summed E-state index contributed by atoms with van der Waals surface area (Å²) in [4.78, 5) is 11.7. The molecule has 0 saturated heterocycles. The van der Waals surface area contributed by atoms with Crippen molar-refractivity contribution in [2.45, 2.75) is 4.90 Å². The van der Waals surface area contributed by atoms with E-state index < -0.39 is 5.97 Å². The van der Waals surface area contributed by atoms with Crippen LogP contribution in [0.2, 0.25) is 0 Å². The molecule has 0 aliphatic rings. The summed E-state index contributed by atoms with van der Waals surface area (Å²) in [5.41, 5.74) is 0.726. The molecule has 0 fully saturated rings. The number of aliphatic carboxylic acids is 1. The first kappa shape index (κ1) is 14.2. The van der Waals surface area contributed by atoms with Crippen LogP contribution in [-0.4, -0.2) is 17.3 Å². The van der Waals surface area contributed by atoms with E-state index in [9.17, 15) is 4.79 Å². The lowest BCUT2D eigenvalue weighted by Gasteiger charge is -2.09. The van der Waals surface area contributed by atoms with E-state index in [-0.39, 0.29) is 0 Å². The van der Waals surface area contributed by atoms with E-state index in [1.807, 2.05) is 54.8 Å². The van der Waals surface area contributed by atoms with Gasteiger partial charge in [-0.3, -0.25) is 0 Å². The molecule has 0 bridgehead atoms. The van der Waals surface area contributed by atoms with E-state index in [0.29, 0.717) is 5.75 Å². The molecule has 0 atom stereocenters. The molecule has 1 N–H and O–H groups in total. The number of carbonyl (C=O) groups is 1. The number of rotatable bonds is 5. The first-order valence-electron chi connectivity index (χ1n) is 6.01. The number of ether oxygens (including phenoxy) is 1. The number of carboxylic acid groups (broad SMARTS) is 1. The zero-order valence-corrected chi connectivity index (χ0v) is 11.8. The van der Waals surface area contributed by atoms with Gasteiger partial charge < -0.3 is 9.84 Å². The molecule has 0 saturated carbocycles. The lowest BCUT2D eigenvalue weighted by Crippen LogP contribution is -1.89. The third-order valence-corrected chi connectivity index (χ3v) is 3.36. The van der Waals surface area contributed by atoms with E-state index in [4.69, 9.17) is 9.84 Å². The predicted molar refractivity (Wildman–Crippen MR) is 81.4 cm³/mol. The Balaban J connectivity index is 2.21. The number of hydrogen-bond donors (Lipinski definition) is 1. The maximum absolute atomic E-state index is 10.6. The van der Waals surface area contributed by atoms with Crippen molar-refractivity contribution in [2.75, 3.05) is 6.26 Å². The summed E-state index contributed by atoms with van der Waals surface area (Å²) in [6.45, 7) is 0. The van der Waals surface area contributed by atoms with Gasteiger partial charge in [0, 0.05) is 16.5 Å². The standard InChI is InChI=1S/C16H14O3S/c1-20-14-9-7-13(8-10-14)19-15-5-3-2-4-12(15)6-11-16(17)18/h2-11H,1H3,(H,17,18). The van der Waals surface area contributed by atoms with Crippen LogP contribution in [0.1, 0.15) is 5.56 Å². The Labute approximate surface area is 121 Å². The molecule has 102 valence electrons. The summed E-state index contributed by atoms with van der Waals surface area (Å²) >= 11 is 1.67. The van der Waals surface area contributed by atoms with Gasteiger partial charge in [0.2, 0.25) is 0 Å². The molecule has 3 nitrogen and oxygen atoms in total. The van der Waals surface area contributed by atoms with Crippen LogP contribution in [0.4, 0.5) is 0 Å². The predicted octanol–water partition coefficient (Wildman–Crippen LogP) is 4.30. The number of benzene rings is 2. The van der Waals surface area contributed by atoms with Gasteiger partial charge in [-0.2, -0.15) is 0 Å². The highest BCUT2D eigenvalue weighted by atomic mass is 32.2. The molecule has 0 aromatic heterocycles. The molecular formula is C16H14O3S. The largest absolute Gasteiger partial charge is 0.478 e. The maximum Gasteiger partial charge on any atom is 0.328 e. The van der Waals surface area contributed by atoms with E-state index in [1.165, 1.54) is 6.08 Å². The number of para-hydroxylation sites is 1. The average molecular weight is 286 g/mol. The van der Waals surface area contributed by atoms with Crippen molar-refractivity contribution in [1.29, 1.82) is 0 Å². The van der Waals surface area contributed by atoms with Gasteiger partial charge in [-0.15, -0.1) is 11.8 Å². The van der Waals surface area contributed by atoms with Gasteiger partial charge in [0.25, 0.3) is 0 Å². The molecule has 0 heterocycles. The number of carboxylic acids is 1. The summed E-state index contributed by atoms with van der Waals surface area (Å²) in [5, 5.41) is 8.68. The van der Waals surface area contributed by atoms with Gasteiger partial charge >= 0.3 is 5.97 Å². The second-order valence-electron chi connectivity index (χ2n) is 3.99. The maximum atomic E-state index is 10.6. The third-order valence-electron chi connectivity index (χ3n) is 2.61. The molecule has 0 unspecified atom stereocenters. The number of thioether (sulfide) groups is 1. The Morgan fingerprint density at radius 2 is 1.85 bits per heavy atom. The highest BCUT2D eigenvalue weighted by Gasteiger charge is 2.02. The van der Waals surface area contributed by atoms with Crippen molar-refractivity contribution in [3.63, 3.8) is 0 Å². The summed E-state index contributed by atoms with van der Waals surface area (Å²) in [7, 11) is 0. The molecular weight excluding hydrogens is 272 g/mol. The van der Waals surface area contributed by atoms with Crippen LogP contribution in [0.15, 0.2) is 59.5 Å². The Bertz CT molecular complexity index is 618. The van der Waals surface area contributed by atoms with Gasteiger partial charge in [-0.05, 0) is 42.7 Å². The lowest BCUT2D eigenvalue weighted by molar-refractivity contribution is -0.131. The van der Waals surface area contributed by atoms with Crippen LogP contribution < -0.4 is 4.74 Å². The van der Waals surface area contributed by atoms with Gasteiger partial charge in [0.1, 0.15) is 11.5 Å². The minimum atomic E-state index is -0.982. The average Bonchev–Trinajstić information content (AvgIpc) is 2.47. The summed E-state index contributed by atoms with van der Waals surface area (Å²) in [6.07, 6.45) is 4.63. The smallest absolute Gasteiger partial charge is 0.328 e. The van der Waals surface area contributed by atoms with Gasteiger partial charge in [0.15, 0.2) is 0 Å². The van der Waals surface area contributed by atoms with Crippen molar-refractivity contribution in [3.05, 3.63) is 60.2 Å². The molecule has 20 heavy (non-hydrogen) atoms. The topological polar surface area (TPSA) is 46.5 Å². The normalized spacial score (nSPS) is 10.7. The van der Waals surface area contributed by atoms with Crippen LogP contribution in [0.5, 0.6) is 11.5 Å². The fraction of sp³-hybridized carbons (Fsp3) is 0.0625.